The van der Waals surface area contributed by atoms with Crippen molar-refractivity contribution in [1.82, 2.24) is 5.32 Å². The molecule has 0 saturated heterocycles. The maximum atomic E-state index is 12.9. The van der Waals surface area contributed by atoms with Gasteiger partial charge in [-0.2, -0.15) is 13.2 Å². The molecule has 0 radical (unpaired) electrons. The van der Waals surface area contributed by atoms with Crippen molar-refractivity contribution in [3.05, 3.63) is 0 Å². The molecule has 1 N–H and O–H groups in total. The van der Waals surface area contributed by atoms with Crippen LogP contribution in [0.15, 0.2) is 0 Å². The molecule has 21 heavy (non-hydrogen) atoms. The van der Waals surface area contributed by atoms with Crippen molar-refractivity contribution in [3.8, 4) is 0 Å². The van der Waals surface area contributed by atoms with Crippen molar-refractivity contribution in [2.75, 3.05) is 0 Å². The van der Waals surface area contributed by atoms with E-state index >= 15 is 0 Å². The first-order valence-corrected chi connectivity index (χ1v) is 8.81. The third-order valence-electron chi connectivity index (χ3n) is 5.39. The zero-order valence-electron chi connectivity index (χ0n) is 13.2. The maximum absolute atomic E-state index is 12.9. The Labute approximate surface area is 127 Å². The molecule has 124 valence electrons. The molecule has 0 aromatic rings. The summed E-state index contributed by atoms with van der Waals surface area (Å²) in [5, 5.41) is 3.56. The van der Waals surface area contributed by atoms with Gasteiger partial charge < -0.3 is 5.32 Å². The van der Waals surface area contributed by atoms with Crippen molar-refractivity contribution < 1.29 is 13.2 Å². The number of nitrogens with one attached hydrogen (secondary N) is 1. The largest absolute Gasteiger partial charge is 0.391 e. The second-order valence-electron chi connectivity index (χ2n) is 7.13. The normalized spacial score (nSPS) is 35.4. The Bertz CT molecular complexity index is 303. The topological polar surface area (TPSA) is 12.0 Å². The second kappa shape index (κ2) is 7.85. The fourth-order valence-corrected chi connectivity index (χ4v) is 4.21. The average molecular weight is 305 g/mol. The van der Waals surface area contributed by atoms with E-state index in [1.54, 1.807) is 0 Å². The zero-order chi connectivity index (χ0) is 15.3. The van der Waals surface area contributed by atoms with Gasteiger partial charge in [-0.05, 0) is 44.4 Å². The van der Waals surface area contributed by atoms with Crippen LogP contribution in [0.4, 0.5) is 13.2 Å². The lowest BCUT2D eigenvalue weighted by Crippen LogP contribution is -2.43. The molecule has 2 saturated carbocycles. The molecule has 0 aromatic carbocycles. The van der Waals surface area contributed by atoms with Crippen LogP contribution in [0.2, 0.25) is 0 Å². The molecule has 0 bridgehead atoms. The molecule has 2 fully saturated rings. The molecule has 4 unspecified atom stereocenters. The zero-order valence-corrected chi connectivity index (χ0v) is 13.2. The van der Waals surface area contributed by atoms with Gasteiger partial charge in [-0.1, -0.05) is 39.0 Å². The van der Waals surface area contributed by atoms with E-state index in [1.807, 2.05) is 0 Å². The van der Waals surface area contributed by atoms with E-state index in [0.29, 0.717) is 25.3 Å². The van der Waals surface area contributed by atoms with Gasteiger partial charge in [-0.3, -0.25) is 0 Å². The van der Waals surface area contributed by atoms with E-state index in [0.717, 1.165) is 25.2 Å². The summed E-state index contributed by atoms with van der Waals surface area (Å²) in [6.45, 7) is 2.24. The molecule has 4 heteroatoms. The summed E-state index contributed by atoms with van der Waals surface area (Å²) in [5.41, 5.74) is 0. The lowest BCUT2D eigenvalue weighted by atomic mass is 9.84. The van der Waals surface area contributed by atoms with Crippen LogP contribution in [0.25, 0.3) is 0 Å². The van der Waals surface area contributed by atoms with Gasteiger partial charge in [0.15, 0.2) is 0 Å². The molecule has 1 nitrogen and oxygen atoms in total. The van der Waals surface area contributed by atoms with Gasteiger partial charge in [-0.15, -0.1) is 0 Å². The summed E-state index contributed by atoms with van der Waals surface area (Å²) in [5.74, 6) is -0.238. The Morgan fingerprint density at radius 2 is 1.62 bits per heavy atom. The van der Waals surface area contributed by atoms with E-state index in [-0.39, 0.29) is 6.04 Å². The number of hydrogen-bond acceptors (Lipinski definition) is 1. The molecule has 2 rings (SSSR count). The first-order valence-electron chi connectivity index (χ1n) is 8.81. The van der Waals surface area contributed by atoms with Crippen LogP contribution >= 0.6 is 0 Å². The van der Waals surface area contributed by atoms with Crippen molar-refractivity contribution in [1.29, 1.82) is 0 Å². The highest BCUT2D eigenvalue weighted by molar-refractivity contribution is 4.85. The lowest BCUT2D eigenvalue weighted by molar-refractivity contribution is -0.183. The predicted molar refractivity (Wildman–Crippen MR) is 80.2 cm³/mol. The van der Waals surface area contributed by atoms with Crippen molar-refractivity contribution >= 4 is 0 Å². The number of hydrogen-bond donors (Lipinski definition) is 1. The van der Waals surface area contributed by atoms with Gasteiger partial charge in [-0.25, -0.2) is 0 Å². The van der Waals surface area contributed by atoms with Gasteiger partial charge in [0.2, 0.25) is 0 Å². The van der Waals surface area contributed by atoms with Gasteiger partial charge in [0.25, 0.3) is 0 Å². The molecular weight excluding hydrogens is 275 g/mol. The Morgan fingerprint density at radius 1 is 0.905 bits per heavy atom. The fraction of sp³-hybridized carbons (Fsp3) is 1.00. The molecule has 0 spiro atoms. The van der Waals surface area contributed by atoms with Crippen molar-refractivity contribution in [3.63, 3.8) is 0 Å². The quantitative estimate of drug-likeness (QED) is 0.681. The average Bonchev–Trinajstić information content (AvgIpc) is 2.64. The van der Waals surface area contributed by atoms with Crippen molar-refractivity contribution in [2.45, 2.75) is 95.8 Å². The number of alkyl halides is 3. The summed E-state index contributed by atoms with van der Waals surface area (Å²) < 4.78 is 38.6. The van der Waals surface area contributed by atoms with E-state index < -0.39 is 12.1 Å². The summed E-state index contributed by atoms with van der Waals surface area (Å²) in [4.78, 5) is 0. The summed E-state index contributed by atoms with van der Waals surface area (Å²) >= 11 is 0. The highest BCUT2D eigenvalue weighted by atomic mass is 19.4. The first-order chi connectivity index (χ1) is 9.99. The molecule has 2 aliphatic rings. The van der Waals surface area contributed by atoms with E-state index in [4.69, 9.17) is 0 Å². The molecule has 0 aromatic heterocycles. The highest BCUT2D eigenvalue weighted by Gasteiger charge is 2.42. The highest BCUT2D eigenvalue weighted by Crippen LogP contribution is 2.38. The predicted octanol–water partition coefficient (Wildman–Crippen LogP) is 5.45. The molecule has 4 atom stereocenters. The van der Waals surface area contributed by atoms with Crippen LogP contribution in [0.1, 0.15) is 77.6 Å². The minimum absolute atomic E-state index is 0.0816. The minimum atomic E-state index is -4.00. The number of rotatable bonds is 4. The second-order valence-corrected chi connectivity index (χ2v) is 7.13. The molecule has 0 aliphatic heterocycles. The Hall–Kier alpha value is -0.250. The Kier molecular flexibility index (Phi) is 6.39. The van der Waals surface area contributed by atoms with E-state index in [1.165, 1.54) is 32.1 Å². The van der Waals surface area contributed by atoms with E-state index in [9.17, 15) is 13.2 Å². The monoisotopic (exact) mass is 305 g/mol. The fourth-order valence-electron chi connectivity index (χ4n) is 4.21. The summed E-state index contributed by atoms with van der Waals surface area (Å²) in [7, 11) is 0. The van der Waals surface area contributed by atoms with Gasteiger partial charge in [0, 0.05) is 12.1 Å². The molecular formula is C17H30F3N. The Balaban J connectivity index is 1.78. The maximum Gasteiger partial charge on any atom is 0.391 e. The van der Waals surface area contributed by atoms with Gasteiger partial charge in [0.1, 0.15) is 0 Å². The summed E-state index contributed by atoms with van der Waals surface area (Å²) in [6.07, 6.45) is 6.89. The van der Waals surface area contributed by atoms with Crippen LogP contribution in [0.5, 0.6) is 0 Å². The minimum Gasteiger partial charge on any atom is -0.311 e. The lowest BCUT2D eigenvalue weighted by Gasteiger charge is -2.33. The first kappa shape index (κ1) is 17.1. The van der Waals surface area contributed by atoms with Crippen LogP contribution in [-0.2, 0) is 0 Å². The Morgan fingerprint density at radius 3 is 2.33 bits per heavy atom. The number of halogens is 3. The van der Waals surface area contributed by atoms with Crippen LogP contribution < -0.4 is 5.32 Å². The van der Waals surface area contributed by atoms with Crippen LogP contribution in [-0.4, -0.2) is 18.3 Å². The summed E-state index contributed by atoms with van der Waals surface area (Å²) in [6, 6.07) is 0.530. The van der Waals surface area contributed by atoms with Gasteiger partial charge in [0.05, 0.1) is 5.92 Å². The SMILES string of the molecule is CCCC1CCCC(NC2CCCC(C(F)(F)F)C2)CC1. The van der Waals surface area contributed by atoms with Crippen LogP contribution in [0, 0.1) is 11.8 Å². The third kappa shape index (κ3) is 5.46. The molecule has 2 aliphatic carbocycles. The van der Waals surface area contributed by atoms with Crippen molar-refractivity contribution in [2.24, 2.45) is 11.8 Å². The van der Waals surface area contributed by atoms with Crippen LogP contribution in [0.3, 0.4) is 0 Å². The standard InChI is InChI=1S/C17H30F3N/c1-2-5-13-6-3-8-15(11-10-13)21-16-9-4-7-14(12-16)17(18,19)20/h13-16,21H,2-12H2,1H3. The molecule has 0 amide bonds. The molecule has 0 heterocycles. The van der Waals surface area contributed by atoms with Gasteiger partial charge >= 0.3 is 6.18 Å². The van der Waals surface area contributed by atoms with E-state index in [2.05, 4.69) is 12.2 Å². The third-order valence-corrected chi connectivity index (χ3v) is 5.39. The smallest absolute Gasteiger partial charge is 0.311 e.